The molecular formula is C24H37N3O5S. The maximum Gasteiger partial charge on any atom is 0.339 e. The first-order valence-corrected chi connectivity index (χ1v) is 13.4. The monoisotopic (exact) mass is 479 g/mol. The number of methoxy groups -OCH3 is 1. The molecule has 2 fully saturated rings. The Bertz CT molecular complexity index is 906. The lowest BCUT2D eigenvalue weighted by Gasteiger charge is -2.32. The molecule has 1 amide bonds. The van der Waals surface area contributed by atoms with Crippen LogP contribution < -0.4 is 5.32 Å². The van der Waals surface area contributed by atoms with Crippen LogP contribution in [0, 0.1) is 5.92 Å². The first-order valence-electron chi connectivity index (χ1n) is 12.0. The number of hydrogen-bond acceptors (Lipinski definition) is 6. The van der Waals surface area contributed by atoms with Gasteiger partial charge in [-0.15, -0.1) is 0 Å². The summed E-state index contributed by atoms with van der Waals surface area (Å²) in [5.41, 5.74) is 0.0260. The SMILES string of the molecule is COC(=O)c1ccccc1S(=O)(=O)N1CCC(C(=O)NCCCN(C)C2CCCCC2)CC1. The molecular weight excluding hydrogens is 442 g/mol. The highest BCUT2D eigenvalue weighted by Crippen LogP contribution is 2.26. The lowest BCUT2D eigenvalue weighted by molar-refractivity contribution is -0.126. The topological polar surface area (TPSA) is 96.0 Å². The summed E-state index contributed by atoms with van der Waals surface area (Å²) in [4.78, 5) is 27.0. The molecule has 1 saturated carbocycles. The quantitative estimate of drug-likeness (QED) is 0.432. The van der Waals surface area contributed by atoms with Crippen LogP contribution in [0.5, 0.6) is 0 Å². The highest BCUT2D eigenvalue weighted by atomic mass is 32.2. The average Bonchev–Trinajstić information content (AvgIpc) is 2.86. The highest BCUT2D eigenvalue weighted by molar-refractivity contribution is 7.89. The summed E-state index contributed by atoms with van der Waals surface area (Å²) >= 11 is 0. The first kappa shape index (κ1) is 25.6. The molecule has 2 aliphatic rings. The van der Waals surface area contributed by atoms with Crippen LogP contribution in [0.4, 0.5) is 0 Å². The van der Waals surface area contributed by atoms with Crippen LogP contribution >= 0.6 is 0 Å². The van der Waals surface area contributed by atoms with Crippen molar-refractivity contribution in [3.8, 4) is 0 Å². The van der Waals surface area contributed by atoms with Gasteiger partial charge in [0, 0.05) is 31.6 Å². The van der Waals surface area contributed by atoms with E-state index >= 15 is 0 Å². The molecule has 1 aromatic carbocycles. The standard InChI is InChI=1S/C24H37N3O5S/c1-26(20-9-4-3-5-10-20)16-8-15-25-23(28)19-13-17-27(18-14-19)33(30,31)22-12-7-6-11-21(22)24(29)32-2/h6-7,11-12,19-20H,3-5,8-10,13-18H2,1-2H3,(H,25,28). The van der Waals surface area contributed by atoms with Gasteiger partial charge in [0.2, 0.25) is 15.9 Å². The van der Waals surface area contributed by atoms with Gasteiger partial charge in [-0.05, 0) is 57.8 Å². The summed E-state index contributed by atoms with van der Waals surface area (Å²) in [5, 5.41) is 3.03. The fourth-order valence-electron chi connectivity index (χ4n) is 4.86. The Morgan fingerprint density at radius 1 is 1.09 bits per heavy atom. The van der Waals surface area contributed by atoms with E-state index in [-0.39, 0.29) is 35.4 Å². The molecule has 0 unspecified atom stereocenters. The van der Waals surface area contributed by atoms with Gasteiger partial charge in [-0.25, -0.2) is 13.2 Å². The van der Waals surface area contributed by atoms with E-state index in [0.29, 0.717) is 25.4 Å². The van der Waals surface area contributed by atoms with E-state index in [0.717, 1.165) is 13.0 Å². The number of nitrogens with zero attached hydrogens (tertiary/aromatic N) is 2. The number of hydrogen-bond donors (Lipinski definition) is 1. The summed E-state index contributed by atoms with van der Waals surface area (Å²) in [6.45, 7) is 2.11. The minimum absolute atomic E-state index is 0.00216. The Balaban J connectivity index is 1.45. The molecule has 1 aliphatic heterocycles. The third-order valence-corrected chi connectivity index (χ3v) is 8.88. The maximum atomic E-state index is 13.1. The zero-order chi connectivity index (χ0) is 23.8. The Morgan fingerprint density at radius 2 is 1.76 bits per heavy atom. The van der Waals surface area contributed by atoms with Crippen molar-refractivity contribution in [1.29, 1.82) is 0 Å². The summed E-state index contributed by atoms with van der Waals surface area (Å²) in [7, 11) is -0.444. The summed E-state index contributed by atoms with van der Waals surface area (Å²) in [5.74, 6) is -0.872. The summed E-state index contributed by atoms with van der Waals surface area (Å²) < 4.78 is 32.3. The van der Waals surface area contributed by atoms with Gasteiger partial charge in [0.1, 0.15) is 0 Å². The number of rotatable bonds is 9. The predicted molar refractivity (Wildman–Crippen MR) is 126 cm³/mol. The number of ether oxygens (including phenoxy) is 1. The third-order valence-electron chi connectivity index (χ3n) is 6.92. The van der Waals surface area contributed by atoms with Crippen molar-refractivity contribution < 1.29 is 22.7 Å². The molecule has 1 N–H and O–H groups in total. The van der Waals surface area contributed by atoms with E-state index < -0.39 is 16.0 Å². The van der Waals surface area contributed by atoms with Gasteiger partial charge in [0.05, 0.1) is 17.6 Å². The first-order chi connectivity index (χ1) is 15.8. The van der Waals surface area contributed by atoms with Crippen molar-refractivity contribution in [1.82, 2.24) is 14.5 Å². The lowest BCUT2D eigenvalue weighted by Crippen LogP contribution is -2.43. The van der Waals surface area contributed by atoms with Gasteiger partial charge >= 0.3 is 5.97 Å². The molecule has 1 heterocycles. The van der Waals surface area contributed by atoms with Crippen molar-refractivity contribution in [2.24, 2.45) is 5.92 Å². The molecule has 33 heavy (non-hydrogen) atoms. The minimum Gasteiger partial charge on any atom is -0.465 e. The number of esters is 1. The van der Waals surface area contributed by atoms with E-state index in [1.165, 1.54) is 55.7 Å². The van der Waals surface area contributed by atoms with Crippen LogP contribution in [0.25, 0.3) is 0 Å². The van der Waals surface area contributed by atoms with Gasteiger partial charge in [-0.3, -0.25) is 4.79 Å². The molecule has 0 spiro atoms. The molecule has 0 aromatic heterocycles. The molecule has 0 radical (unpaired) electrons. The van der Waals surface area contributed by atoms with Crippen molar-refractivity contribution in [3.63, 3.8) is 0 Å². The van der Waals surface area contributed by atoms with E-state index in [1.54, 1.807) is 12.1 Å². The molecule has 1 aromatic rings. The van der Waals surface area contributed by atoms with Gasteiger partial charge in [0.15, 0.2) is 0 Å². The van der Waals surface area contributed by atoms with Gasteiger partial charge in [-0.2, -0.15) is 4.31 Å². The maximum absolute atomic E-state index is 13.1. The van der Waals surface area contributed by atoms with Crippen molar-refractivity contribution in [2.45, 2.75) is 62.3 Å². The third kappa shape index (κ3) is 6.55. The van der Waals surface area contributed by atoms with Crippen LogP contribution in [0.2, 0.25) is 0 Å². The van der Waals surface area contributed by atoms with E-state index in [4.69, 9.17) is 4.74 Å². The molecule has 0 bridgehead atoms. The van der Waals surface area contributed by atoms with Crippen molar-refractivity contribution in [3.05, 3.63) is 29.8 Å². The smallest absolute Gasteiger partial charge is 0.339 e. The number of amides is 1. The Kier molecular flexibility index (Phi) is 9.28. The highest BCUT2D eigenvalue weighted by Gasteiger charge is 2.34. The molecule has 1 saturated heterocycles. The number of sulfonamides is 1. The fraction of sp³-hybridized carbons (Fsp3) is 0.667. The summed E-state index contributed by atoms with van der Waals surface area (Å²) in [6.07, 6.45) is 8.36. The van der Waals surface area contributed by atoms with Crippen LogP contribution in [0.1, 0.15) is 61.7 Å². The Hall–Kier alpha value is -1.97. The predicted octanol–water partition coefficient (Wildman–Crippen LogP) is 2.64. The van der Waals surface area contributed by atoms with E-state index in [9.17, 15) is 18.0 Å². The lowest BCUT2D eigenvalue weighted by atomic mass is 9.94. The second-order valence-electron chi connectivity index (χ2n) is 9.08. The number of benzene rings is 1. The zero-order valence-electron chi connectivity index (χ0n) is 19.8. The summed E-state index contributed by atoms with van der Waals surface area (Å²) in [6, 6.07) is 6.74. The van der Waals surface area contributed by atoms with Gasteiger partial charge < -0.3 is 15.0 Å². The van der Waals surface area contributed by atoms with Crippen LogP contribution in [0.15, 0.2) is 29.2 Å². The van der Waals surface area contributed by atoms with Gasteiger partial charge in [0.25, 0.3) is 0 Å². The molecule has 9 heteroatoms. The number of nitrogens with one attached hydrogen (secondary N) is 1. The number of piperidine rings is 1. The molecule has 8 nitrogen and oxygen atoms in total. The molecule has 184 valence electrons. The Morgan fingerprint density at radius 3 is 2.42 bits per heavy atom. The van der Waals surface area contributed by atoms with E-state index in [1.807, 2.05) is 0 Å². The zero-order valence-corrected chi connectivity index (χ0v) is 20.6. The molecule has 3 rings (SSSR count). The molecule has 1 aliphatic carbocycles. The number of carbonyl (C=O) groups excluding carboxylic acids is 2. The van der Waals surface area contributed by atoms with Crippen LogP contribution in [-0.2, 0) is 19.6 Å². The Labute approximate surface area is 197 Å². The van der Waals surface area contributed by atoms with Crippen LogP contribution in [-0.4, -0.2) is 75.9 Å². The van der Waals surface area contributed by atoms with Crippen LogP contribution in [0.3, 0.4) is 0 Å². The average molecular weight is 480 g/mol. The largest absolute Gasteiger partial charge is 0.465 e. The normalized spacial score (nSPS) is 18.9. The van der Waals surface area contributed by atoms with Crippen molar-refractivity contribution in [2.75, 3.05) is 40.3 Å². The number of carbonyl (C=O) groups is 2. The fourth-order valence-corrected chi connectivity index (χ4v) is 6.51. The second-order valence-corrected chi connectivity index (χ2v) is 11.0. The molecule has 0 atom stereocenters. The van der Waals surface area contributed by atoms with E-state index in [2.05, 4.69) is 17.3 Å². The minimum atomic E-state index is -3.84. The van der Waals surface area contributed by atoms with Crippen molar-refractivity contribution >= 4 is 21.9 Å². The van der Waals surface area contributed by atoms with Gasteiger partial charge in [-0.1, -0.05) is 31.4 Å². The second kappa shape index (κ2) is 11.9.